The number of rotatable bonds is 0. The van der Waals surface area contributed by atoms with Gasteiger partial charge in [-0.05, 0) is 23.6 Å². The van der Waals surface area contributed by atoms with E-state index in [2.05, 4.69) is 24.5 Å². The minimum atomic E-state index is 0.269. The van der Waals surface area contributed by atoms with Gasteiger partial charge >= 0.3 is 0 Å². The Morgan fingerprint density at radius 1 is 1.14 bits per heavy atom. The second-order valence-electron chi connectivity index (χ2n) is 4.56. The maximum absolute atomic E-state index is 5.93. The predicted molar refractivity (Wildman–Crippen MR) is 62.2 cm³/mol. The molecule has 2 N–H and O–H groups in total. The Hall–Kier alpha value is -0.890. The first-order chi connectivity index (χ1) is 6.57. The van der Waals surface area contributed by atoms with Gasteiger partial charge < -0.3 is 10.6 Å². The highest BCUT2D eigenvalue weighted by atomic mass is 35.5. The molecule has 76 valence electrons. The van der Waals surface area contributed by atoms with Crippen molar-refractivity contribution in [1.29, 1.82) is 0 Å². The van der Waals surface area contributed by atoms with Crippen LogP contribution in [-0.2, 0) is 0 Å². The maximum Gasteiger partial charge on any atom is 0.0591 e. The molecular weight excluding hydrogens is 196 g/mol. The molecule has 0 aromatic heterocycles. The van der Waals surface area contributed by atoms with E-state index in [1.54, 1.807) is 0 Å². The summed E-state index contributed by atoms with van der Waals surface area (Å²) in [7, 11) is 0. The zero-order chi connectivity index (χ0) is 10.2. The van der Waals surface area contributed by atoms with Gasteiger partial charge in [0.15, 0.2) is 0 Å². The van der Waals surface area contributed by atoms with Gasteiger partial charge in [-0.2, -0.15) is 0 Å². The van der Waals surface area contributed by atoms with Gasteiger partial charge in [0.25, 0.3) is 0 Å². The van der Waals surface area contributed by atoms with Crippen LogP contribution in [-0.4, -0.2) is 13.1 Å². The molecule has 0 unspecified atom stereocenters. The zero-order valence-electron chi connectivity index (χ0n) is 8.52. The topological polar surface area (TPSA) is 24.1 Å². The van der Waals surface area contributed by atoms with E-state index in [0.29, 0.717) is 0 Å². The molecule has 14 heavy (non-hydrogen) atoms. The summed E-state index contributed by atoms with van der Waals surface area (Å²) in [6.07, 6.45) is 0. The third-order valence-corrected chi connectivity index (χ3v) is 2.73. The highest BCUT2D eigenvalue weighted by Gasteiger charge is 2.21. The molecule has 0 amide bonds. The lowest BCUT2D eigenvalue weighted by atomic mass is 9.94. The molecule has 2 nitrogen and oxygen atoms in total. The SMILES string of the molecule is CC1(C)CNc2ccc(Cl)cc2NC1. The van der Waals surface area contributed by atoms with Crippen LogP contribution in [0.2, 0.25) is 5.02 Å². The number of hydrogen-bond acceptors (Lipinski definition) is 2. The minimum Gasteiger partial charge on any atom is -0.383 e. The van der Waals surface area contributed by atoms with Gasteiger partial charge in [0.1, 0.15) is 0 Å². The Kier molecular flexibility index (Phi) is 2.31. The van der Waals surface area contributed by atoms with E-state index < -0.39 is 0 Å². The molecule has 0 radical (unpaired) electrons. The van der Waals surface area contributed by atoms with E-state index >= 15 is 0 Å². The first-order valence-electron chi connectivity index (χ1n) is 4.84. The van der Waals surface area contributed by atoms with Crippen LogP contribution < -0.4 is 10.6 Å². The normalized spacial score (nSPS) is 18.8. The van der Waals surface area contributed by atoms with Crippen molar-refractivity contribution >= 4 is 23.0 Å². The Morgan fingerprint density at radius 3 is 2.50 bits per heavy atom. The summed E-state index contributed by atoms with van der Waals surface area (Å²) in [5.41, 5.74) is 2.51. The number of benzene rings is 1. The molecule has 1 aromatic rings. The fourth-order valence-corrected chi connectivity index (χ4v) is 1.72. The van der Waals surface area contributed by atoms with Crippen LogP contribution in [0.4, 0.5) is 11.4 Å². The highest BCUT2D eigenvalue weighted by Crippen LogP contribution is 2.30. The lowest BCUT2D eigenvalue weighted by molar-refractivity contribution is 0.423. The van der Waals surface area contributed by atoms with Gasteiger partial charge in [0.05, 0.1) is 11.4 Å². The molecule has 1 aliphatic rings. The third-order valence-electron chi connectivity index (χ3n) is 2.50. The monoisotopic (exact) mass is 210 g/mol. The van der Waals surface area contributed by atoms with Crippen molar-refractivity contribution in [3.63, 3.8) is 0 Å². The summed E-state index contributed by atoms with van der Waals surface area (Å²) in [5.74, 6) is 0. The molecule has 0 aliphatic carbocycles. The molecule has 0 fully saturated rings. The number of nitrogens with one attached hydrogen (secondary N) is 2. The van der Waals surface area contributed by atoms with Crippen molar-refractivity contribution in [3.05, 3.63) is 23.2 Å². The fraction of sp³-hybridized carbons (Fsp3) is 0.455. The summed E-state index contributed by atoms with van der Waals surface area (Å²) in [5, 5.41) is 7.61. The number of fused-ring (bicyclic) bond motifs is 1. The van der Waals surface area contributed by atoms with Crippen LogP contribution in [0.1, 0.15) is 13.8 Å². The zero-order valence-corrected chi connectivity index (χ0v) is 9.28. The summed E-state index contributed by atoms with van der Waals surface area (Å²) in [6.45, 7) is 6.42. The van der Waals surface area contributed by atoms with Crippen molar-refractivity contribution in [3.8, 4) is 0 Å². The first kappa shape index (κ1) is 9.66. The molecule has 0 atom stereocenters. The van der Waals surface area contributed by atoms with Crippen LogP contribution in [0.25, 0.3) is 0 Å². The van der Waals surface area contributed by atoms with Crippen molar-refractivity contribution in [2.75, 3.05) is 23.7 Å². The summed E-state index contributed by atoms with van der Waals surface area (Å²) in [4.78, 5) is 0. The maximum atomic E-state index is 5.93. The largest absolute Gasteiger partial charge is 0.383 e. The van der Waals surface area contributed by atoms with E-state index in [4.69, 9.17) is 11.6 Å². The average molecular weight is 211 g/mol. The van der Waals surface area contributed by atoms with Crippen LogP contribution in [0.5, 0.6) is 0 Å². The molecule has 1 heterocycles. The average Bonchev–Trinajstić information content (AvgIpc) is 2.26. The van der Waals surface area contributed by atoms with E-state index in [9.17, 15) is 0 Å². The van der Waals surface area contributed by atoms with Gasteiger partial charge in [0, 0.05) is 18.1 Å². The molecular formula is C11H15ClN2. The Balaban J connectivity index is 2.30. The molecule has 0 saturated carbocycles. The van der Waals surface area contributed by atoms with Crippen molar-refractivity contribution < 1.29 is 0 Å². The molecule has 0 saturated heterocycles. The summed E-state index contributed by atoms with van der Waals surface area (Å²) < 4.78 is 0. The molecule has 1 aromatic carbocycles. The lowest BCUT2D eigenvalue weighted by Crippen LogP contribution is -2.27. The Morgan fingerprint density at radius 2 is 1.79 bits per heavy atom. The first-order valence-corrected chi connectivity index (χ1v) is 5.22. The van der Waals surface area contributed by atoms with Gasteiger partial charge in [-0.3, -0.25) is 0 Å². The summed E-state index contributed by atoms with van der Waals surface area (Å²) in [6, 6.07) is 5.89. The third kappa shape index (κ3) is 1.95. The second kappa shape index (κ2) is 3.35. The predicted octanol–water partition coefficient (Wildman–Crippen LogP) is 3.20. The van der Waals surface area contributed by atoms with Gasteiger partial charge in [0.2, 0.25) is 0 Å². The van der Waals surface area contributed by atoms with E-state index in [-0.39, 0.29) is 5.41 Å². The minimum absolute atomic E-state index is 0.269. The lowest BCUT2D eigenvalue weighted by Gasteiger charge is -2.21. The highest BCUT2D eigenvalue weighted by molar-refractivity contribution is 6.31. The molecule has 1 aliphatic heterocycles. The van der Waals surface area contributed by atoms with Crippen molar-refractivity contribution in [1.82, 2.24) is 0 Å². The quantitative estimate of drug-likeness (QED) is 0.687. The van der Waals surface area contributed by atoms with Crippen molar-refractivity contribution in [2.45, 2.75) is 13.8 Å². The van der Waals surface area contributed by atoms with Crippen molar-refractivity contribution in [2.24, 2.45) is 5.41 Å². The second-order valence-corrected chi connectivity index (χ2v) is 5.00. The van der Waals surface area contributed by atoms with Gasteiger partial charge in [-0.25, -0.2) is 0 Å². The molecule has 3 heteroatoms. The number of hydrogen-bond donors (Lipinski definition) is 2. The van der Waals surface area contributed by atoms with Gasteiger partial charge in [-0.1, -0.05) is 25.4 Å². The Labute approximate surface area is 89.7 Å². The van der Waals surface area contributed by atoms with E-state index in [0.717, 1.165) is 29.5 Å². The van der Waals surface area contributed by atoms with Gasteiger partial charge in [-0.15, -0.1) is 0 Å². The van der Waals surface area contributed by atoms with Crippen LogP contribution in [0, 0.1) is 5.41 Å². The molecule has 0 bridgehead atoms. The van der Waals surface area contributed by atoms with E-state index in [1.165, 1.54) is 0 Å². The number of anilines is 2. The summed E-state index contributed by atoms with van der Waals surface area (Å²) >= 11 is 5.93. The smallest absolute Gasteiger partial charge is 0.0591 e. The van der Waals surface area contributed by atoms with Crippen LogP contribution in [0.15, 0.2) is 18.2 Å². The van der Waals surface area contributed by atoms with E-state index in [1.807, 2.05) is 18.2 Å². The van der Waals surface area contributed by atoms with Crippen LogP contribution >= 0.6 is 11.6 Å². The number of halogens is 1. The van der Waals surface area contributed by atoms with Crippen LogP contribution in [0.3, 0.4) is 0 Å². The fourth-order valence-electron chi connectivity index (χ4n) is 1.55. The molecule has 0 spiro atoms. The standard InChI is InChI=1S/C11H15ClN2/c1-11(2)6-13-9-4-3-8(12)5-10(9)14-7-11/h3-5,13-14H,6-7H2,1-2H3. The Bertz CT molecular complexity index is 347. The molecule has 2 rings (SSSR count).